The fourth-order valence-electron chi connectivity index (χ4n) is 3.51. The number of anilines is 1. The second-order valence-electron chi connectivity index (χ2n) is 7.12. The number of carbonyl (C=O) groups is 1. The molecular formula is C22H27F2N3O2. The maximum atomic E-state index is 13.9. The van der Waals surface area contributed by atoms with Crippen LogP contribution in [-0.4, -0.2) is 62.1 Å². The lowest BCUT2D eigenvalue weighted by Crippen LogP contribution is -2.50. The van der Waals surface area contributed by atoms with Crippen LogP contribution < -0.4 is 9.64 Å². The van der Waals surface area contributed by atoms with Crippen LogP contribution in [0.4, 0.5) is 14.5 Å². The van der Waals surface area contributed by atoms with Crippen LogP contribution in [0.15, 0.2) is 42.5 Å². The van der Waals surface area contributed by atoms with E-state index >= 15 is 0 Å². The summed E-state index contributed by atoms with van der Waals surface area (Å²) in [6.45, 7) is 6.28. The fraction of sp³-hybridized carbons (Fsp3) is 0.409. The fourth-order valence-corrected chi connectivity index (χ4v) is 3.51. The topological polar surface area (TPSA) is 36.0 Å². The van der Waals surface area contributed by atoms with E-state index in [0.29, 0.717) is 19.6 Å². The number of hydrogen-bond acceptors (Lipinski definition) is 4. The minimum absolute atomic E-state index is 0.0268. The largest absolute Gasteiger partial charge is 0.494 e. The number of hydrogen-bond donors (Lipinski definition) is 0. The van der Waals surface area contributed by atoms with E-state index in [1.54, 1.807) is 29.2 Å². The van der Waals surface area contributed by atoms with Crippen LogP contribution in [0.2, 0.25) is 0 Å². The number of rotatable bonds is 7. The summed E-state index contributed by atoms with van der Waals surface area (Å²) in [5.41, 5.74) is 1.73. The molecule has 7 heteroatoms. The average molecular weight is 403 g/mol. The zero-order valence-electron chi connectivity index (χ0n) is 16.9. The van der Waals surface area contributed by atoms with Crippen LogP contribution in [-0.2, 0) is 11.3 Å². The Hall–Kier alpha value is -2.67. The molecule has 0 radical (unpaired) electrons. The molecule has 3 rings (SSSR count). The number of carbonyl (C=O) groups excluding carboxylic acids is 1. The highest BCUT2D eigenvalue weighted by molar-refractivity contribution is 5.78. The van der Waals surface area contributed by atoms with Gasteiger partial charge in [0.25, 0.3) is 0 Å². The summed E-state index contributed by atoms with van der Waals surface area (Å²) in [5.74, 6) is -0.444. The summed E-state index contributed by atoms with van der Waals surface area (Å²) in [5, 5.41) is 0. The van der Waals surface area contributed by atoms with E-state index in [1.807, 2.05) is 6.92 Å². The molecule has 0 bridgehead atoms. The molecule has 0 N–H and O–H groups in total. The monoisotopic (exact) mass is 403 g/mol. The third-order valence-corrected chi connectivity index (χ3v) is 5.25. The van der Waals surface area contributed by atoms with Crippen LogP contribution in [0, 0.1) is 11.6 Å². The van der Waals surface area contributed by atoms with E-state index in [-0.39, 0.29) is 17.5 Å². The molecule has 1 fully saturated rings. The number of methoxy groups -OCH3 is 1. The molecule has 5 nitrogen and oxygen atoms in total. The van der Waals surface area contributed by atoms with Gasteiger partial charge in [-0.05, 0) is 48.9 Å². The van der Waals surface area contributed by atoms with Gasteiger partial charge in [0.05, 0.1) is 13.7 Å². The van der Waals surface area contributed by atoms with Crippen molar-refractivity contribution in [1.29, 1.82) is 0 Å². The number of nitrogens with zero attached hydrogens (tertiary/aromatic N) is 3. The van der Waals surface area contributed by atoms with Gasteiger partial charge < -0.3 is 14.5 Å². The van der Waals surface area contributed by atoms with Gasteiger partial charge in [0, 0.05) is 45.0 Å². The first-order chi connectivity index (χ1) is 14.0. The molecule has 1 saturated heterocycles. The van der Waals surface area contributed by atoms with Crippen molar-refractivity contribution in [2.45, 2.75) is 13.5 Å². The number of halogens is 2. The second-order valence-corrected chi connectivity index (χ2v) is 7.12. The van der Waals surface area contributed by atoms with Gasteiger partial charge in [-0.3, -0.25) is 9.69 Å². The first kappa shape index (κ1) is 21.0. The lowest BCUT2D eigenvalue weighted by molar-refractivity contribution is -0.132. The molecule has 0 spiro atoms. The van der Waals surface area contributed by atoms with Crippen molar-refractivity contribution < 1.29 is 18.3 Å². The third-order valence-electron chi connectivity index (χ3n) is 5.25. The van der Waals surface area contributed by atoms with Gasteiger partial charge in [0.1, 0.15) is 5.82 Å². The van der Waals surface area contributed by atoms with Crippen molar-refractivity contribution in [3.63, 3.8) is 0 Å². The van der Waals surface area contributed by atoms with Crippen LogP contribution >= 0.6 is 0 Å². The summed E-state index contributed by atoms with van der Waals surface area (Å²) >= 11 is 0. The number of piperazine rings is 1. The number of ether oxygens (including phenoxy) is 1. The van der Waals surface area contributed by atoms with E-state index in [0.717, 1.165) is 37.4 Å². The molecule has 0 saturated carbocycles. The summed E-state index contributed by atoms with van der Waals surface area (Å²) in [7, 11) is 1.43. The molecule has 29 heavy (non-hydrogen) atoms. The lowest BCUT2D eigenvalue weighted by Gasteiger charge is -2.36. The third kappa shape index (κ3) is 5.44. The minimum Gasteiger partial charge on any atom is -0.494 e. The van der Waals surface area contributed by atoms with Crippen molar-refractivity contribution in [1.82, 2.24) is 9.80 Å². The molecule has 2 aromatic rings. The van der Waals surface area contributed by atoms with Crippen LogP contribution in [0.3, 0.4) is 0 Å². The van der Waals surface area contributed by atoms with Gasteiger partial charge in [-0.15, -0.1) is 0 Å². The quantitative estimate of drug-likeness (QED) is 0.712. The van der Waals surface area contributed by atoms with Crippen LogP contribution in [0.5, 0.6) is 5.75 Å². The number of likely N-dealkylation sites (N-methyl/N-ethyl adjacent to an activating group) is 1. The molecule has 0 aliphatic carbocycles. The summed E-state index contributed by atoms with van der Waals surface area (Å²) in [6, 6.07) is 11.3. The van der Waals surface area contributed by atoms with Crippen molar-refractivity contribution in [3.05, 3.63) is 59.7 Å². The van der Waals surface area contributed by atoms with Gasteiger partial charge in [-0.25, -0.2) is 8.78 Å². The molecule has 2 aromatic carbocycles. The SMILES string of the molecule is CCN(Cc1ccc(OC)c(F)c1)C(=O)CN1CCN(c2ccc(F)cc2)CC1. The first-order valence-corrected chi connectivity index (χ1v) is 9.83. The average Bonchev–Trinajstić information content (AvgIpc) is 2.73. The standard InChI is InChI=1S/C22H27F2N3O2/c1-3-26(15-17-4-9-21(29-2)20(24)14-17)22(28)16-25-10-12-27(13-11-25)19-7-5-18(23)6-8-19/h4-9,14H,3,10-13,15-16H2,1-2H3. The summed E-state index contributed by atoms with van der Waals surface area (Å²) < 4.78 is 31.9. The highest BCUT2D eigenvalue weighted by atomic mass is 19.1. The Morgan fingerprint density at radius 3 is 2.34 bits per heavy atom. The minimum atomic E-state index is -0.426. The Labute approximate surface area is 170 Å². The normalized spacial score (nSPS) is 14.7. The first-order valence-electron chi connectivity index (χ1n) is 9.83. The molecule has 1 aliphatic heterocycles. The Kier molecular flexibility index (Phi) is 7.04. The van der Waals surface area contributed by atoms with Gasteiger partial charge in [-0.2, -0.15) is 0 Å². The highest BCUT2D eigenvalue weighted by Crippen LogP contribution is 2.19. The van der Waals surface area contributed by atoms with Gasteiger partial charge in [0.15, 0.2) is 11.6 Å². The number of amides is 1. The Morgan fingerprint density at radius 1 is 1.07 bits per heavy atom. The molecule has 1 heterocycles. The van der Waals surface area contributed by atoms with E-state index in [4.69, 9.17) is 4.74 Å². The van der Waals surface area contributed by atoms with E-state index in [1.165, 1.54) is 25.3 Å². The molecule has 0 aromatic heterocycles. The van der Waals surface area contributed by atoms with Crippen LogP contribution in [0.1, 0.15) is 12.5 Å². The smallest absolute Gasteiger partial charge is 0.237 e. The predicted molar refractivity (Wildman–Crippen MR) is 109 cm³/mol. The second kappa shape index (κ2) is 9.69. The van der Waals surface area contributed by atoms with Crippen LogP contribution in [0.25, 0.3) is 0 Å². The molecule has 0 atom stereocenters. The van der Waals surface area contributed by atoms with Gasteiger partial charge in [-0.1, -0.05) is 6.07 Å². The predicted octanol–water partition coefficient (Wildman–Crippen LogP) is 3.14. The zero-order chi connectivity index (χ0) is 20.8. The maximum absolute atomic E-state index is 13.9. The Morgan fingerprint density at radius 2 is 1.76 bits per heavy atom. The molecule has 1 aliphatic rings. The van der Waals surface area contributed by atoms with Crippen molar-refractivity contribution in [3.8, 4) is 5.75 Å². The molecule has 156 valence electrons. The Bertz CT molecular complexity index is 821. The maximum Gasteiger partial charge on any atom is 0.237 e. The zero-order valence-corrected chi connectivity index (χ0v) is 16.9. The molecule has 0 unspecified atom stereocenters. The number of benzene rings is 2. The summed E-state index contributed by atoms with van der Waals surface area (Å²) in [6.07, 6.45) is 0. The molecule has 1 amide bonds. The highest BCUT2D eigenvalue weighted by Gasteiger charge is 2.22. The Balaban J connectivity index is 1.52. The molecular weight excluding hydrogens is 376 g/mol. The van der Waals surface area contributed by atoms with E-state index in [2.05, 4.69) is 9.80 Å². The lowest BCUT2D eigenvalue weighted by atomic mass is 10.2. The van der Waals surface area contributed by atoms with E-state index < -0.39 is 5.82 Å². The van der Waals surface area contributed by atoms with E-state index in [9.17, 15) is 13.6 Å². The summed E-state index contributed by atoms with van der Waals surface area (Å²) in [4.78, 5) is 18.8. The van der Waals surface area contributed by atoms with Crippen molar-refractivity contribution in [2.75, 3.05) is 51.3 Å². The van der Waals surface area contributed by atoms with Crippen molar-refractivity contribution in [2.24, 2.45) is 0 Å². The van der Waals surface area contributed by atoms with Gasteiger partial charge in [0.2, 0.25) is 5.91 Å². The van der Waals surface area contributed by atoms with Crippen molar-refractivity contribution >= 4 is 11.6 Å². The van der Waals surface area contributed by atoms with Gasteiger partial charge >= 0.3 is 0 Å².